The molecule has 0 aromatic heterocycles. The zero-order chi connectivity index (χ0) is 15.4. The van der Waals surface area contributed by atoms with Crippen LogP contribution in [0.15, 0.2) is 36.4 Å². The van der Waals surface area contributed by atoms with Gasteiger partial charge in [-0.1, -0.05) is 40.9 Å². The second-order valence-electron chi connectivity index (χ2n) is 4.28. The SMILES string of the molecule is COc1ccc(Cl)cc1C(=O)NCc1ccc(Cl)c(Cl)c1. The van der Waals surface area contributed by atoms with Gasteiger partial charge in [0.25, 0.3) is 5.91 Å². The van der Waals surface area contributed by atoms with Crippen molar-refractivity contribution in [1.29, 1.82) is 0 Å². The summed E-state index contributed by atoms with van der Waals surface area (Å²) in [5.41, 5.74) is 1.23. The molecular weight excluding hydrogens is 333 g/mol. The molecule has 21 heavy (non-hydrogen) atoms. The van der Waals surface area contributed by atoms with Crippen molar-refractivity contribution < 1.29 is 9.53 Å². The average Bonchev–Trinajstić information content (AvgIpc) is 2.48. The number of benzene rings is 2. The van der Waals surface area contributed by atoms with Gasteiger partial charge in [0.1, 0.15) is 5.75 Å². The van der Waals surface area contributed by atoms with Crippen LogP contribution in [0.5, 0.6) is 5.75 Å². The fourth-order valence-electron chi connectivity index (χ4n) is 1.78. The molecule has 0 aliphatic carbocycles. The molecule has 1 amide bonds. The van der Waals surface area contributed by atoms with E-state index in [9.17, 15) is 4.79 Å². The van der Waals surface area contributed by atoms with E-state index in [-0.39, 0.29) is 5.91 Å². The van der Waals surface area contributed by atoms with Gasteiger partial charge in [-0.05, 0) is 35.9 Å². The average molecular weight is 345 g/mol. The summed E-state index contributed by atoms with van der Waals surface area (Å²) in [6, 6.07) is 10.1. The van der Waals surface area contributed by atoms with Crippen molar-refractivity contribution in [2.45, 2.75) is 6.54 Å². The lowest BCUT2D eigenvalue weighted by Crippen LogP contribution is -2.23. The number of carbonyl (C=O) groups is 1. The van der Waals surface area contributed by atoms with Crippen molar-refractivity contribution in [3.05, 3.63) is 62.6 Å². The number of hydrogen-bond donors (Lipinski definition) is 1. The molecule has 0 unspecified atom stereocenters. The number of ether oxygens (including phenoxy) is 1. The van der Waals surface area contributed by atoms with E-state index in [0.29, 0.717) is 32.9 Å². The molecule has 0 saturated heterocycles. The van der Waals surface area contributed by atoms with E-state index in [0.717, 1.165) is 5.56 Å². The van der Waals surface area contributed by atoms with Crippen LogP contribution in [-0.4, -0.2) is 13.0 Å². The van der Waals surface area contributed by atoms with Gasteiger partial charge in [-0.2, -0.15) is 0 Å². The molecule has 0 saturated carbocycles. The Balaban J connectivity index is 2.11. The van der Waals surface area contributed by atoms with E-state index in [1.165, 1.54) is 7.11 Å². The summed E-state index contributed by atoms with van der Waals surface area (Å²) >= 11 is 17.7. The molecule has 0 aliphatic heterocycles. The number of nitrogens with one attached hydrogen (secondary N) is 1. The van der Waals surface area contributed by atoms with Gasteiger partial charge >= 0.3 is 0 Å². The standard InChI is InChI=1S/C15H12Cl3NO2/c1-21-14-5-3-10(16)7-11(14)15(20)19-8-9-2-4-12(17)13(18)6-9/h2-7H,8H2,1H3,(H,19,20). The van der Waals surface area contributed by atoms with E-state index in [4.69, 9.17) is 39.5 Å². The highest BCUT2D eigenvalue weighted by Crippen LogP contribution is 2.24. The molecule has 0 atom stereocenters. The Kier molecular flexibility index (Phi) is 5.34. The maximum Gasteiger partial charge on any atom is 0.255 e. The van der Waals surface area contributed by atoms with Gasteiger partial charge in [0.2, 0.25) is 0 Å². The summed E-state index contributed by atoms with van der Waals surface area (Å²) in [6.07, 6.45) is 0. The third-order valence-corrected chi connectivity index (χ3v) is 3.82. The molecule has 0 fully saturated rings. The Morgan fingerprint density at radius 3 is 2.52 bits per heavy atom. The van der Waals surface area contributed by atoms with Gasteiger partial charge in [0.15, 0.2) is 0 Å². The zero-order valence-electron chi connectivity index (χ0n) is 11.1. The smallest absolute Gasteiger partial charge is 0.255 e. The Morgan fingerprint density at radius 2 is 1.86 bits per heavy atom. The largest absolute Gasteiger partial charge is 0.496 e. The molecule has 2 aromatic carbocycles. The molecule has 1 N–H and O–H groups in total. The summed E-state index contributed by atoms with van der Waals surface area (Å²) in [7, 11) is 1.50. The predicted octanol–water partition coefficient (Wildman–Crippen LogP) is 4.59. The number of hydrogen-bond acceptors (Lipinski definition) is 2. The van der Waals surface area contributed by atoms with Gasteiger partial charge in [0.05, 0.1) is 22.7 Å². The van der Waals surface area contributed by atoms with Crippen molar-refractivity contribution in [3.8, 4) is 5.75 Å². The van der Waals surface area contributed by atoms with Gasteiger partial charge in [-0.3, -0.25) is 4.79 Å². The van der Waals surface area contributed by atoms with Crippen LogP contribution in [-0.2, 0) is 6.54 Å². The summed E-state index contributed by atoms with van der Waals surface area (Å²) in [6.45, 7) is 0.325. The number of rotatable bonds is 4. The quantitative estimate of drug-likeness (QED) is 0.881. The molecule has 2 aromatic rings. The first-order valence-electron chi connectivity index (χ1n) is 6.07. The van der Waals surface area contributed by atoms with Gasteiger partial charge in [-0.15, -0.1) is 0 Å². The van der Waals surface area contributed by atoms with Crippen molar-refractivity contribution >= 4 is 40.7 Å². The normalized spacial score (nSPS) is 10.3. The van der Waals surface area contributed by atoms with Crippen LogP contribution in [0, 0.1) is 0 Å². The Labute approximate surface area is 137 Å². The molecule has 0 bridgehead atoms. The van der Waals surface area contributed by atoms with E-state index in [2.05, 4.69) is 5.32 Å². The molecule has 6 heteroatoms. The summed E-state index contributed by atoms with van der Waals surface area (Å²) in [4.78, 5) is 12.2. The summed E-state index contributed by atoms with van der Waals surface area (Å²) in [5, 5.41) is 4.18. The van der Waals surface area contributed by atoms with E-state index in [1.807, 2.05) is 0 Å². The number of methoxy groups -OCH3 is 1. The second-order valence-corrected chi connectivity index (χ2v) is 5.53. The minimum atomic E-state index is -0.277. The van der Waals surface area contributed by atoms with Crippen molar-refractivity contribution in [3.63, 3.8) is 0 Å². The van der Waals surface area contributed by atoms with Crippen LogP contribution >= 0.6 is 34.8 Å². The Morgan fingerprint density at radius 1 is 1.10 bits per heavy atom. The maximum atomic E-state index is 12.2. The van der Waals surface area contributed by atoms with Crippen LogP contribution in [0.25, 0.3) is 0 Å². The van der Waals surface area contributed by atoms with Gasteiger partial charge in [0, 0.05) is 11.6 Å². The maximum absolute atomic E-state index is 12.2. The zero-order valence-corrected chi connectivity index (χ0v) is 13.4. The number of carbonyl (C=O) groups excluding carboxylic acids is 1. The van der Waals surface area contributed by atoms with E-state index < -0.39 is 0 Å². The predicted molar refractivity (Wildman–Crippen MR) is 85.6 cm³/mol. The molecule has 0 heterocycles. The first-order valence-corrected chi connectivity index (χ1v) is 7.20. The highest BCUT2D eigenvalue weighted by atomic mass is 35.5. The lowest BCUT2D eigenvalue weighted by atomic mass is 10.1. The van der Waals surface area contributed by atoms with Crippen molar-refractivity contribution in [1.82, 2.24) is 5.32 Å². The van der Waals surface area contributed by atoms with E-state index >= 15 is 0 Å². The number of amides is 1. The first kappa shape index (κ1) is 16.0. The molecule has 110 valence electrons. The topological polar surface area (TPSA) is 38.3 Å². The van der Waals surface area contributed by atoms with Crippen LogP contribution in [0.3, 0.4) is 0 Å². The number of halogens is 3. The van der Waals surface area contributed by atoms with Crippen LogP contribution < -0.4 is 10.1 Å². The fourth-order valence-corrected chi connectivity index (χ4v) is 2.28. The molecule has 2 rings (SSSR count). The van der Waals surface area contributed by atoms with Gasteiger partial charge < -0.3 is 10.1 Å². The third kappa shape index (κ3) is 4.03. The van der Waals surface area contributed by atoms with Crippen LogP contribution in [0.2, 0.25) is 15.1 Å². The summed E-state index contributed by atoms with van der Waals surface area (Å²) in [5.74, 6) is 0.187. The Bertz CT molecular complexity index is 674. The first-order chi connectivity index (χ1) is 10.0. The monoisotopic (exact) mass is 343 g/mol. The van der Waals surface area contributed by atoms with Gasteiger partial charge in [-0.25, -0.2) is 0 Å². The molecule has 0 spiro atoms. The summed E-state index contributed by atoms with van der Waals surface area (Å²) < 4.78 is 5.15. The van der Waals surface area contributed by atoms with Crippen LogP contribution in [0.4, 0.5) is 0 Å². The van der Waals surface area contributed by atoms with Crippen LogP contribution in [0.1, 0.15) is 15.9 Å². The Hall–Kier alpha value is -1.42. The highest BCUT2D eigenvalue weighted by Gasteiger charge is 2.12. The van der Waals surface area contributed by atoms with Crippen molar-refractivity contribution in [2.24, 2.45) is 0 Å². The second kappa shape index (κ2) is 7.03. The van der Waals surface area contributed by atoms with E-state index in [1.54, 1.807) is 36.4 Å². The molecular formula is C15H12Cl3NO2. The molecule has 0 radical (unpaired) electrons. The minimum Gasteiger partial charge on any atom is -0.496 e. The fraction of sp³-hybridized carbons (Fsp3) is 0.133. The lowest BCUT2D eigenvalue weighted by Gasteiger charge is -2.10. The molecule has 0 aliphatic rings. The highest BCUT2D eigenvalue weighted by molar-refractivity contribution is 6.42. The minimum absolute atomic E-state index is 0.277. The third-order valence-electron chi connectivity index (χ3n) is 2.84. The molecule has 3 nitrogen and oxygen atoms in total. The lowest BCUT2D eigenvalue weighted by molar-refractivity contribution is 0.0948. The van der Waals surface area contributed by atoms with Crippen molar-refractivity contribution in [2.75, 3.05) is 7.11 Å².